The number of carboxylic acids is 1. The predicted molar refractivity (Wildman–Crippen MR) is 72.1 cm³/mol. The van der Waals surface area contributed by atoms with Crippen molar-refractivity contribution >= 4 is 17.6 Å². The third kappa shape index (κ3) is 4.22. The Morgan fingerprint density at radius 2 is 2.00 bits per heavy atom. The Morgan fingerprint density at radius 1 is 1.35 bits per heavy atom. The van der Waals surface area contributed by atoms with E-state index >= 15 is 0 Å². The lowest BCUT2D eigenvalue weighted by atomic mass is 9.99. The van der Waals surface area contributed by atoms with E-state index in [0.29, 0.717) is 0 Å². The highest BCUT2D eigenvalue weighted by molar-refractivity contribution is 5.89. The number of hydrogen-bond donors (Lipinski definition) is 5. The summed E-state index contributed by atoms with van der Waals surface area (Å²) in [5.74, 6) is -1.35. The molecule has 0 aromatic heterocycles. The molecule has 20 heavy (non-hydrogen) atoms. The Kier molecular flexibility index (Phi) is 5.48. The number of carboxylic acid groups (broad SMARTS) is 1. The maximum absolute atomic E-state index is 10.8. The molecule has 6 N–H and O–H groups in total. The van der Waals surface area contributed by atoms with E-state index < -0.39 is 18.2 Å². The van der Waals surface area contributed by atoms with Crippen LogP contribution in [-0.4, -0.2) is 39.8 Å². The minimum Gasteiger partial charge on any atom is -0.478 e. The summed E-state index contributed by atoms with van der Waals surface area (Å²) in [6.45, 7) is 1.58. The largest absolute Gasteiger partial charge is 0.478 e. The van der Waals surface area contributed by atoms with Crippen molar-refractivity contribution < 1.29 is 24.9 Å². The molecule has 2 atom stereocenters. The zero-order valence-electron chi connectivity index (χ0n) is 11.0. The van der Waals surface area contributed by atoms with Gasteiger partial charge in [-0.1, -0.05) is 6.07 Å². The van der Waals surface area contributed by atoms with Crippen LogP contribution in [0.1, 0.15) is 35.4 Å². The number of carbonyl (C=O) groups excluding carboxylic acids is 1. The first-order chi connectivity index (χ1) is 9.32. The van der Waals surface area contributed by atoms with Crippen LogP contribution in [0.15, 0.2) is 18.2 Å². The van der Waals surface area contributed by atoms with E-state index in [2.05, 4.69) is 5.32 Å². The van der Waals surface area contributed by atoms with Crippen molar-refractivity contribution in [1.82, 2.24) is 5.32 Å². The van der Waals surface area contributed by atoms with Gasteiger partial charge in [-0.2, -0.15) is 0 Å². The molecular weight excluding hydrogens is 264 g/mol. The van der Waals surface area contributed by atoms with Gasteiger partial charge in [0.1, 0.15) is 6.10 Å². The fourth-order valence-corrected chi connectivity index (χ4v) is 1.74. The second-order valence-electron chi connectivity index (χ2n) is 4.43. The van der Waals surface area contributed by atoms with Gasteiger partial charge in [-0.15, -0.1) is 0 Å². The van der Waals surface area contributed by atoms with Crippen LogP contribution in [0.2, 0.25) is 0 Å². The number of nitrogens with one attached hydrogen (secondary N) is 1. The predicted octanol–water partition coefficient (Wildman–Crippen LogP) is -0.113. The van der Waals surface area contributed by atoms with Crippen molar-refractivity contribution in [3.05, 3.63) is 29.3 Å². The van der Waals surface area contributed by atoms with E-state index in [1.54, 1.807) is 0 Å². The van der Waals surface area contributed by atoms with E-state index in [1.807, 2.05) is 0 Å². The molecule has 0 heterocycles. The number of nitrogens with two attached hydrogens (primary N) is 1. The summed E-state index contributed by atoms with van der Waals surface area (Å²) < 4.78 is 0. The van der Waals surface area contributed by atoms with Crippen LogP contribution in [-0.2, 0) is 4.79 Å². The number of aliphatic hydroxyl groups excluding tert-OH is 2. The summed E-state index contributed by atoms with van der Waals surface area (Å²) in [7, 11) is 0. The van der Waals surface area contributed by atoms with E-state index in [0.717, 1.165) is 0 Å². The van der Waals surface area contributed by atoms with Gasteiger partial charge in [0.25, 0.3) is 0 Å². The molecule has 1 aromatic rings. The molecule has 2 unspecified atom stereocenters. The van der Waals surface area contributed by atoms with Gasteiger partial charge in [0, 0.05) is 24.7 Å². The molecule has 0 fully saturated rings. The molecule has 0 bridgehead atoms. The summed E-state index contributed by atoms with van der Waals surface area (Å²) in [6, 6.07) is 3.89. The number of aromatic carboxylic acids is 1. The third-order valence-electron chi connectivity index (χ3n) is 2.83. The van der Waals surface area contributed by atoms with Gasteiger partial charge in [0.05, 0.1) is 11.7 Å². The average molecular weight is 282 g/mol. The number of anilines is 1. The minimum atomic E-state index is -1.24. The molecular formula is C13H18N2O5. The molecule has 1 amide bonds. The van der Waals surface area contributed by atoms with Crippen molar-refractivity contribution in [2.75, 3.05) is 12.3 Å². The van der Waals surface area contributed by atoms with Crippen LogP contribution in [0.25, 0.3) is 0 Å². The van der Waals surface area contributed by atoms with Crippen LogP contribution < -0.4 is 11.1 Å². The van der Waals surface area contributed by atoms with Crippen LogP contribution in [0.5, 0.6) is 0 Å². The lowest BCUT2D eigenvalue weighted by molar-refractivity contribution is -0.119. The van der Waals surface area contributed by atoms with Gasteiger partial charge < -0.3 is 26.4 Å². The van der Waals surface area contributed by atoms with E-state index in [1.165, 1.54) is 25.1 Å². The van der Waals surface area contributed by atoms with Gasteiger partial charge in [-0.05, 0) is 18.6 Å². The first-order valence-corrected chi connectivity index (χ1v) is 6.06. The monoisotopic (exact) mass is 282 g/mol. The van der Waals surface area contributed by atoms with Gasteiger partial charge in [0.2, 0.25) is 5.91 Å². The molecule has 0 saturated carbocycles. The maximum atomic E-state index is 10.8. The van der Waals surface area contributed by atoms with Crippen molar-refractivity contribution in [3.8, 4) is 0 Å². The fourth-order valence-electron chi connectivity index (χ4n) is 1.74. The van der Waals surface area contributed by atoms with Crippen LogP contribution in [0.3, 0.4) is 0 Å². The van der Waals surface area contributed by atoms with Crippen molar-refractivity contribution in [3.63, 3.8) is 0 Å². The smallest absolute Gasteiger partial charge is 0.335 e. The third-order valence-corrected chi connectivity index (χ3v) is 2.83. The second kappa shape index (κ2) is 6.88. The topological polar surface area (TPSA) is 133 Å². The molecule has 0 saturated heterocycles. The zero-order valence-corrected chi connectivity index (χ0v) is 11.0. The molecule has 0 aliphatic heterocycles. The normalized spacial score (nSPS) is 13.6. The Balaban J connectivity index is 2.73. The van der Waals surface area contributed by atoms with E-state index in [-0.39, 0.29) is 35.7 Å². The highest BCUT2D eigenvalue weighted by atomic mass is 16.4. The average Bonchev–Trinajstić information content (AvgIpc) is 2.37. The van der Waals surface area contributed by atoms with Gasteiger partial charge in [-0.3, -0.25) is 4.79 Å². The number of aliphatic hydroxyl groups is 2. The van der Waals surface area contributed by atoms with Gasteiger partial charge >= 0.3 is 5.97 Å². The number of carbonyl (C=O) groups is 2. The maximum Gasteiger partial charge on any atom is 0.335 e. The zero-order chi connectivity index (χ0) is 15.3. The summed E-state index contributed by atoms with van der Waals surface area (Å²) in [5, 5.41) is 31.1. The lowest BCUT2D eigenvalue weighted by Gasteiger charge is -2.20. The minimum absolute atomic E-state index is 0.00573. The van der Waals surface area contributed by atoms with Crippen LogP contribution in [0.4, 0.5) is 5.69 Å². The van der Waals surface area contributed by atoms with Crippen molar-refractivity contribution in [2.45, 2.75) is 25.6 Å². The van der Waals surface area contributed by atoms with E-state index in [9.17, 15) is 19.8 Å². The summed E-state index contributed by atoms with van der Waals surface area (Å²) in [4.78, 5) is 21.5. The quantitative estimate of drug-likeness (QED) is 0.462. The summed E-state index contributed by atoms with van der Waals surface area (Å²) in [5.41, 5.74) is 6.02. The standard InChI is InChI=1S/C13H18N2O5/c1-7(16)15-5-4-11(17)12(18)9-3-2-8(13(19)20)6-10(9)14/h2-3,6,11-12,17-18H,4-5,14H2,1H3,(H,15,16)(H,19,20). The summed E-state index contributed by atoms with van der Waals surface area (Å²) in [6.07, 6.45) is -2.20. The number of hydrogen-bond acceptors (Lipinski definition) is 5. The molecule has 1 rings (SSSR count). The fraction of sp³-hybridized carbons (Fsp3) is 0.385. The summed E-state index contributed by atoms with van der Waals surface area (Å²) >= 11 is 0. The number of nitrogen functional groups attached to an aromatic ring is 1. The van der Waals surface area contributed by atoms with E-state index in [4.69, 9.17) is 10.8 Å². The Morgan fingerprint density at radius 3 is 2.50 bits per heavy atom. The first kappa shape index (κ1) is 15.9. The molecule has 7 heteroatoms. The van der Waals surface area contributed by atoms with Crippen LogP contribution in [0, 0.1) is 0 Å². The number of amides is 1. The number of benzene rings is 1. The Hall–Kier alpha value is -2.12. The van der Waals surface area contributed by atoms with Gasteiger partial charge in [0.15, 0.2) is 0 Å². The van der Waals surface area contributed by atoms with Crippen molar-refractivity contribution in [2.24, 2.45) is 0 Å². The first-order valence-electron chi connectivity index (χ1n) is 6.06. The van der Waals surface area contributed by atoms with Crippen LogP contribution >= 0.6 is 0 Å². The highest BCUT2D eigenvalue weighted by Crippen LogP contribution is 2.25. The molecule has 0 spiro atoms. The molecule has 0 aliphatic rings. The van der Waals surface area contributed by atoms with Gasteiger partial charge in [-0.25, -0.2) is 4.79 Å². The molecule has 0 radical (unpaired) electrons. The SMILES string of the molecule is CC(=O)NCCC(O)C(O)c1ccc(C(=O)O)cc1N. The molecule has 7 nitrogen and oxygen atoms in total. The Labute approximate surface area is 116 Å². The second-order valence-corrected chi connectivity index (χ2v) is 4.43. The highest BCUT2D eigenvalue weighted by Gasteiger charge is 2.21. The lowest BCUT2D eigenvalue weighted by Crippen LogP contribution is -2.28. The molecule has 110 valence electrons. The Bertz CT molecular complexity index is 504. The molecule has 0 aliphatic carbocycles. The van der Waals surface area contributed by atoms with Crippen molar-refractivity contribution in [1.29, 1.82) is 0 Å². The number of rotatable bonds is 6. The molecule has 1 aromatic carbocycles.